The molecule has 1 aromatic carbocycles. The number of methoxy groups -OCH3 is 1. The van der Waals surface area contributed by atoms with Gasteiger partial charge < -0.3 is 20.4 Å². The smallest absolute Gasteiger partial charge is 0.224 e. The Morgan fingerprint density at radius 1 is 1.30 bits per heavy atom. The lowest BCUT2D eigenvalue weighted by atomic mass is 10.0. The Morgan fingerprint density at radius 3 is 3.04 bits per heavy atom. The van der Waals surface area contributed by atoms with Crippen molar-refractivity contribution in [2.75, 3.05) is 24.3 Å². The van der Waals surface area contributed by atoms with Gasteiger partial charge in [0.25, 0.3) is 0 Å². The Labute approximate surface area is 133 Å². The first-order valence-electron chi connectivity index (χ1n) is 7.64. The molecule has 3 N–H and O–H groups in total. The van der Waals surface area contributed by atoms with Crippen molar-refractivity contribution in [2.24, 2.45) is 0 Å². The van der Waals surface area contributed by atoms with E-state index >= 15 is 0 Å². The van der Waals surface area contributed by atoms with Crippen LogP contribution in [0.4, 0.5) is 11.8 Å². The number of rotatable bonds is 3. The van der Waals surface area contributed by atoms with Gasteiger partial charge in [-0.15, -0.1) is 0 Å². The van der Waals surface area contributed by atoms with E-state index in [0.29, 0.717) is 5.65 Å². The Hall–Kier alpha value is -2.83. The van der Waals surface area contributed by atoms with Crippen molar-refractivity contribution in [3.63, 3.8) is 0 Å². The first-order chi connectivity index (χ1) is 11.3. The number of nitrogens with two attached hydrogens (primary N) is 1. The van der Waals surface area contributed by atoms with Gasteiger partial charge in [0.1, 0.15) is 11.3 Å². The molecule has 0 bridgehead atoms. The van der Waals surface area contributed by atoms with Crippen LogP contribution in [0.15, 0.2) is 30.6 Å². The number of anilines is 2. The number of aromatic nitrogens is 4. The Bertz CT molecular complexity index is 845. The number of nitrogens with zero attached hydrogens (tertiary/aromatic N) is 4. The van der Waals surface area contributed by atoms with E-state index in [0.717, 1.165) is 42.0 Å². The number of aromatic amines is 1. The predicted octanol–water partition coefficient (Wildman–Crippen LogP) is 2.29. The average Bonchev–Trinajstić information content (AvgIpc) is 3.22. The van der Waals surface area contributed by atoms with Crippen LogP contribution in [0.5, 0.6) is 5.75 Å². The van der Waals surface area contributed by atoms with Gasteiger partial charge in [-0.1, -0.05) is 18.2 Å². The summed E-state index contributed by atoms with van der Waals surface area (Å²) in [6, 6.07) is 8.32. The molecule has 0 radical (unpaired) electrons. The number of hydrogen-bond acceptors (Lipinski definition) is 6. The van der Waals surface area contributed by atoms with E-state index in [4.69, 9.17) is 10.5 Å². The van der Waals surface area contributed by atoms with Crippen LogP contribution in [0.1, 0.15) is 24.4 Å². The molecule has 7 heteroatoms. The molecule has 0 unspecified atom stereocenters. The minimum atomic E-state index is 0.201. The minimum Gasteiger partial charge on any atom is -0.496 e. The summed E-state index contributed by atoms with van der Waals surface area (Å²) in [5.74, 6) is 1.94. The minimum absolute atomic E-state index is 0.201. The second kappa shape index (κ2) is 5.42. The van der Waals surface area contributed by atoms with Crippen LogP contribution in [0.3, 0.4) is 0 Å². The van der Waals surface area contributed by atoms with Crippen molar-refractivity contribution in [3.8, 4) is 5.75 Å². The highest BCUT2D eigenvalue weighted by Crippen LogP contribution is 2.40. The highest BCUT2D eigenvalue weighted by Gasteiger charge is 2.31. The lowest BCUT2D eigenvalue weighted by Gasteiger charge is -2.27. The number of hydrogen-bond donors (Lipinski definition) is 2. The summed E-state index contributed by atoms with van der Waals surface area (Å²) in [5, 5.41) is 0. The number of H-pyrrole nitrogens is 1. The largest absolute Gasteiger partial charge is 0.496 e. The van der Waals surface area contributed by atoms with Crippen LogP contribution >= 0.6 is 0 Å². The maximum Gasteiger partial charge on any atom is 0.224 e. The fourth-order valence-electron chi connectivity index (χ4n) is 3.33. The summed E-state index contributed by atoms with van der Waals surface area (Å²) >= 11 is 0. The summed E-state index contributed by atoms with van der Waals surface area (Å²) in [4.78, 5) is 18.2. The Balaban J connectivity index is 1.82. The average molecular weight is 310 g/mol. The van der Waals surface area contributed by atoms with Crippen LogP contribution in [0, 0.1) is 0 Å². The molecule has 1 saturated heterocycles. The summed E-state index contributed by atoms with van der Waals surface area (Å²) < 4.78 is 5.53. The van der Waals surface area contributed by atoms with E-state index in [1.807, 2.05) is 18.2 Å². The number of nitrogens with one attached hydrogen (secondary N) is 1. The SMILES string of the molecule is COc1ccccc1[C@H]1CCCN1c1nc(N)nc2nc[nH]c12. The highest BCUT2D eigenvalue weighted by atomic mass is 16.5. The summed E-state index contributed by atoms with van der Waals surface area (Å²) in [6.07, 6.45) is 3.75. The molecule has 23 heavy (non-hydrogen) atoms. The maximum atomic E-state index is 5.86. The number of nitrogen functional groups attached to an aromatic ring is 1. The van der Waals surface area contributed by atoms with Crippen molar-refractivity contribution < 1.29 is 4.74 Å². The molecule has 4 rings (SSSR count). The normalized spacial score (nSPS) is 17.8. The van der Waals surface area contributed by atoms with Crippen molar-refractivity contribution >= 4 is 22.9 Å². The third-order valence-corrected chi connectivity index (χ3v) is 4.31. The zero-order valence-corrected chi connectivity index (χ0v) is 12.9. The van der Waals surface area contributed by atoms with E-state index in [1.165, 1.54) is 0 Å². The first kappa shape index (κ1) is 13.8. The lowest BCUT2D eigenvalue weighted by molar-refractivity contribution is 0.405. The molecule has 1 aliphatic heterocycles. The van der Waals surface area contributed by atoms with E-state index in [-0.39, 0.29) is 12.0 Å². The number of benzene rings is 1. The Kier molecular flexibility index (Phi) is 3.25. The third kappa shape index (κ3) is 2.25. The first-order valence-corrected chi connectivity index (χ1v) is 7.64. The van der Waals surface area contributed by atoms with Gasteiger partial charge in [-0.3, -0.25) is 0 Å². The van der Waals surface area contributed by atoms with E-state index in [2.05, 4.69) is 30.9 Å². The van der Waals surface area contributed by atoms with Crippen molar-refractivity contribution in [1.29, 1.82) is 0 Å². The molecule has 0 spiro atoms. The van der Waals surface area contributed by atoms with Crippen LogP contribution < -0.4 is 15.4 Å². The standard InChI is InChI=1S/C16H18N6O/c1-23-12-7-3-2-5-10(12)11-6-4-8-22(11)15-13-14(19-9-18-13)20-16(17)21-15/h2-3,5,7,9,11H,4,6,8H2,1H3,(H3,17,18,19,20,21)/t11-/m1/s1. The molecule has 7 nitrogen and oxygen atoms in total. The number of imidazole rings is 1. The van der Waals surface area contributed by atoms with E-state index < -0.39 is 0 Å². The molecule has 3 heterocycles. The molecule has 1 atom stereocenters. The molecule has 0 saturated carbocycles. The van der Waals surface area contributed by atoms with E-state index in [9.17, 15) is 0 Å². The van der Waals surface area contributed by atoms with Crippen molar-refractivity contribution in [1.82, 2.24) is 19.9 Å². The van der Waals surface area contributed by atoms with E-state index in [1.54, 1.807) is 13.4 Å². The summed E-state index contributed by atoms with van der Waals surface area (Å²) in [5.41, 5.74) is 8.44. The topological polar surface area (TPSA) is 92.9 Å². The van der Waals surface area contributed by atoms with Crippen molar-refractivity contribution in [2.45, 2.75) is 18.9 Å². The van der Waals surface area contributed by atoms with Gasteiger partial charge in [0.15, 0.2) is 11.5 Å². The van der Waals surface area contributed by atoms with Gasteiger partial charge in [-0.2, -0.15) is 9.97 Å². The molecular formula is C16H18N6O. The molecular weight excluding hydrogens is 292 g/mol. The zero-order valence-electron chi connectivity index (χ0n) is 12.9. The molecule has 0 amide bonds. The van der Waals surface area contributed by atoms with Crippen LogP contribution in [-0.4, -0.2) is 33.6 Å². The molecule has 1 fully saturated rings. The third-order valence-electron chi connectivity index (χ3n) is 4.31. The van der Waals surface area contributed by atoms with Gasteiger partial charge in [0.2, 0.25) is 5.95 Å². The molecule has 118 valence electrons. The number of fused-ring (bicyclic) bond motifs is 1. The second-order valence-corrected chi connectivity index (χ2v) is 5.60. The van der Waals surface area contributed by atoms with Crippen LogP contribution in [0.25, 0.3) is 11.2 Å². The van der Waals surface area contributed by atoms with Gasteiger partial charge >= 0.3 is 0 Å². The maximum absolute atomic E-state index is 5.86. The molecule has 3 aromatic rings. The second-order valence-electron chi connectivity index (χ2n) is 5.60. The molecule has 0 aliphatic carbocycles. The fourth-order valence-corrected chi connectivity index (χ4v) is 3.33. The number of ether oxygens (including phenoxy) is 1. The highest BCUT2D eigenvalue weighted by molar-refractivity contribution is 5.84. The molecule has 1 aliphatic rings. The molecule has 2 aromatic heterocycles. The summed E-state index contributed by atoms with van der Waals surface area (Å²) in [7, 11) is 1.70. The van der Waals surface area contributed by atoms with Crippen LogP contribution in [-0.2, 0) is 0 Å². The monoisotopic (exact) mass is 310 g/mol. The lowest BCUT2D eigenvalue weighted by Crippen LogP contribution is -2.24. The fraction of sp³-hybridized carbons (Fsp3) is 0.312. The van der Waals surface area contributed by atoms with Crippen LogP contribution in [0.2, 0.25) is 0 Å². The van der Waals surface area contributed by atoms with Gasteiger partial charge in [0.05, 0.1) is 19.5 Å². The predicted molar refractivity (Wildman–Crippen MR) is 88.4 cm³/mol. The summed E-state index contributed by atoms with van der Waals surface area (Å²) in [6.45, 7) is 0.910. The van der Waals surface area contributed by atoms with Gasteiger partial charge in [-0.05, 0) is 18.9 Å². The van der Waals surface area contributed by atoms with Crippen molar-refractivity contribution in [3.05, 3.63) is 36.2 Å². The number of para-hydroxylation sites is 1. The zero-order chi connectivity index (χ0) is 15.8. The van der Waals surface area contributed by atoms with Gasteiger partial charge in [-0.25, -0.2) is 4.98 Å². The quantitative estimate of drug-likeness (QED) is 0.771. The van der Waals surface area contributed by atoms with Gasteiger partial charge in [0, 0.05) is 12.1 Å². The Morgan fingerprint density at radius 2 is 2.17 bits per heavy atom.